The van der Waals surface area contributed by atoms with Crippen molar-refractivity contribution in [1.82, 2.24) is 0 Å². The summed E-state index contributed by atoms with van der Waals surface area (Å²) in [6.07, 6.45) is 7.10. The molecule has 0 saturated heterocycles. The van der Waals surface area contributed by atoms with Crippen LogP contribution in [0.15, 0.2) is 0 Å². The van der Waals surface area contributed by atoms with Crippen LogP contribution in [0.3, 0.4) is 0 Å². The fraction of sp³-hybridized carbons (Fsp3) is 0.857. The maximum Gasteiger partial charge on any atom is 0.198 e. The first kappa shape index (κ1) is 17.2. The molecule has 0 aromatic rings. The molecule has 1 atom stereocenters. The van der Waals surface area contributed by atoms with E-state index in [1.165, 1.54) is 25.7 Å². The summed E-state index contributed by atoms with van der Waals surface area (Å²) in [6.45, 7) is 8.91. The molecule has 0 fully saturated rings. The Hall–Kier alpha value is 0.217. The molecule has 0 rings (SSSR count). The molecule has 0 aliphatic rings. The lowest BCUT2D eigenvalue weighted by Crippen LogP contribution is -2.37. The third kappa shape index (κ3) is 9.88. The van der Waals surface area contributed by atoms with Crippen molar-refractivity contribution in [3.8, 4) is 11.8 Å². The first-order valence-electron chi connectivity index (χ1n) is 6.78. The molecule has 0 aromatic carbocycles. The highest BCUT2D eigenvalue weighted by Crippen LogP contribution is 2.14. The monoisotopic (exact) mass is 318 g/mol. The lowest BCUT2D eigenvalue weighted by atomic mass is 10.1. The summed E-state index contributed by atoms with van der Waals surface area (Å²) in [5.74, 6) is 6.60. The topological polar surface area (TPSA) is 9.23 Å². The Morgan fingerprint density at radius 1 is 1.18 bits per heavy atom. The molecular weight excluding hydrogens is 292 g/mol. The normalized spacial score (nSPS) is 13.0. The molecular formula is C14H27BrOSi. The van der Waals surface area contributed by atoms with Gasteiger partial charge in [-0.3, -0.25) is 0 Å². The molecule has 0 aromatic heterocycles. The van der Waals surface area contributed by atoms with Crippen LogP contribution in [0.5, 0.6) is 0 Å². The van der Waals surface area contributed by atoms with Gasteiger partial charge in [-0.1, -0.05) is 55.0 Å². The molecule has 0 aliphatic carbocycles. The third-order valence-electron chi connectivity index (χ3n) is 2.52. The van der Waals surface area contributed by atoms with Crippen LogP contribution in [0.2, 0.25) is 13.1 Å². The zero-order valence-electron chi connectivity index (χ0n) is 11.8. The highest BCUT2D eigenvalue weighted by Gasteiger charge is 2.24. The summed E-state index contributed by atoms with van der Waals surface area (Å²) in [5.41, 5.74) is 0. The van der Waals surface area contributed by atoms with Crippen LogP contribution < -0.4 is 0 Å². The van der Waals surface area contributed by atoms with E-state index in [4.69, 9.17) is 4.43 Å². The lowest BCUT2D eigenvalue weighted by molar-refractivity contribution is 0.236. The second kappa shape index (κ2) is 10.2. The smallest absolute Gasteiger partial charge is 0.198 e. The Morgan fingerprint density at radius 3 is 2.35 bits per heavy atom. The van der Waals surface area contributed by atoms with E-state index < -0.39 is 8.32 Å². The standard InChI is InChI=1S/C14H27BrOSi/c1-5-7-9-10-12-14(11-8-6-2)16-17(3,4)13-15/h14H,5-9,11,13H2,1-4H3/t14-/m1/s1. The van der Waals surface area contributed by atoms with E-state index in [0.29, 0.717) is 0 Å². The van der Waals surface area contributed by atoms with Crippen molar-refractivity contribution in [1.29, 1.82) is 0 Å². The van der Waals surface area contributed by atoms with Crippen LogP contribution >= 0.6 is 15.9 Å². The van der Waals surface area contributed by atoms with Gasteiger partial charge in [-0.2, -0.15) is 0 Å². The molecule has 1 nitrogen and oxygen atoms in total. The fourth-order valence-electron chi connectivity index (χ4n) is 1.42. The van der Waals surface area contributed by atoms with Gasteiger partial charge in [0.1, 0.15) is 6.10 Å². The first-order chi connectivity index (χ1) is 8.05. The van der Waals surface area contributed by atoms with Crippen molar-refractivity contribution in [2.75, 3.05) is 4.95 Å². The SMILES string of the molecule is CCCCC#C[C@@H](CCCC)O[Si](C)(C)CBr. The summed E-state index contributed by atoms with van der Waals surface area (Å²) in [4.78, 5) is 0.985. The van der Waals surface area contributed by atoms with Gasteiger partial charge in [-0.05, 0) is 25.9 Å². The molecule has 3 heteroatoms. The molecule has 0 amide bonds. The predicted molar refractivity (Wildman–Crippen MR) is 83.0 cm³/mol. The van der Waals surface area contributed by atoms with E-state index in [1.54, 1.807) is 0 Å². The predicted octanol–water partition coefficient (Wildman–Crippen LogP) is 4.89. The first-order valence-corrected chi connectivity index (χ1v) is 11.0. The minimum absolute atomic E-state index is 0.158. The number of hydrogen-bond acceptors (Lipinski definition) is 1. The Kier molecular flexibility index (Phi) is 10.3. The van der Waals surface area contributed by atoms with E-state index in [1.807, 2.05) is 0 Å². The lowest BCUT2D eigenvalue weighted by Gasteiger charge is -2.24. The minimum atomic E-state index is -1.54. The van der Waals surface area contributed by atoms with Crippen molar-refractivity contribution in [3.63, 3.8) is 0 Å². The van der Waals surface area contributed by atoms with E-state index in [2.05, 4.69) is 54.7 Å². The Labute approximate surface area is 117 Å². The van der Waals surface area contributed by atoms with Gasteiger partial charge in [0.25, 0.3) is 0 Å². The molecule has 17 heavy (non-hydrogen) atoms. The average molecular weight is 319 g/mol. The van der Waals surface area contributed by atoms with Crippen molar-refractivity contribution < 1.29 is 4.43 Å². The maximum absolute atomic E-state index is 6.19. The highest BCUT2D eigenvalue weighted by atomic mass is 79.9. The number of unbranched alkanes of at least 4 members (excludes halogenated alkanes) is 3. The molecule has 0 saturated carbocycles. The second-order valence-electron chi connectivity index (χ2n) is 5.07. The molecule has 0 N–H and O–H groups in total. The fourth-order valence-corrected chi connectivity index (χ4v) is 2.82. The zero-order chi connectivity index (χ0) is 13.1. The van der Waals surface area contributed by atoms with Crippen LogP contribution in [0.1, 0.15) is 52.4 Å². The quantitative estimate of drug-likeness (QED) is 0.268. The Bertz CT molecular complexity index is 242. The third-order valence-corrected chi connectivity index (χ3v) is 8.14. The van der Waals surface area contributed by atoms with Crippen LogP contribution in [-0.2, 0) is 4.43 Å². The van der Waals surface area contributed by atoms with Gasteiger partial charge in [-0.25, -0.2) is 0 Å². The molecule has 100 valence electrons. The Balaban J connectivity index is 4.25. The van der Waals surface area contributed by atoms with Crippen molar-refractivity contribution in [3.05, 3.63) is 0 Å². The van der Waals surface area contributed by atoms with E-state index in [0.717, 1.165) is 17.8 Å². The van der Waals surface area contributed by atoms with Crippen LogP contribution in [0, 0.1) is 11.8 Å². The van der Waals surface area contributed by atoms with E-state index in [-0.39, 0.29) is 6.10 Å². The molecule has 0 heterocycles. The summed E-state index contributed by atoms with van der Waals surface area (Å²) in [7, 11) is -1.54. The summed E-state index contributed by atoms with van der Waals surface area (Å²) < 4.78 is 6.19. The number of halogens is 1. The van der Waals surface area contributed by atoms with Gasteiger partial charge >= 0.3 is 0 Å². The molecule has 0 radical (unpaired) electrons. The van der Waals surface area contributed by atoms with Gasteiger partial charge < -0.3 is 4.43 Å². The van der Waals surface area contributed by atoms with Gasteiger partial charge in [0.05, 0.1) is 0 Å². The molecule has 0 bridgehead atoms. The average Bonchev–Trinajstić information content (AvgIpc) is 2.31. The number of hydrogen-bond donors (Lipinski definition) is 0. The van der Waals surface area contributed by atoms with Crippen LogP contribution in [0.25, 0.3) is 0 Å². The second-order valence-corrected chi connectivity index (χ2v) is 10.8. The summed E-state index contributed by atoms with van der Waals surface area (Å²) >= 11 is 3.55. The van der Waals surface area contributed by atoms with Crippen molar-refractivity contribution >= 4 is 24.2 Å². The summed E-state index contributed by atoms with van der Waals surface area (Å²) in [6, 6.07) is 0. The van der Waals surface area contributed by atoms with Crippen molar-refractivity contribution in [2.24, 2.45) is 0 Å². The summed E-state index contributed by atoms with van der Waals surface area (Å²) in [5, 5.41) is 0. The zero-order valence-corrected chi connectivity index (χ0v) is 14.4. The van der Waals surface area contributed by atoms with E-state index >= 15 is 0 Å². The maximum atomic E-state index is 6.19. The van der Waals surface area contributed by atoms with Crippen LogP contribution in [-0.4, -0.2) is 19.4 Å². The van der Waals surface area contributed by atoms with Gasteiger partial charge in [-0.15, -0.1) is 5.92 Å². The van der Waals surface area contributed by atoms with Gasteiger partial charge in [0.15, 0.2) is 8.32 Å². The molecule has 0 unspecified atom stereocenters. The molecule has 0 spiro atoms. The largest absolute Gasteiger partial charge is 0.403 e. The number of alkyl halides is 1. The van der Waals surface area contributed by atoms with E-state index in [9.17, 15) is 0 Å². The highest BCUT2D eigenvalue weighted by molar-refractivity contribution is 9.09. The molecule has 0 aliphatic heterocycles. The van der Waals surface area contributed by atoms with Gasteiger partial charge in [0, 0.05) is 11.4 Å². The van der Waals surface area contributed by atoms with Crippen molar-refractivity contribution in [2.45, 2.75) is 71.6 Å². The minimum Gasteiger partial charge on any atom is -0.403 e. The van der Waals surface area contributed by atoms with Gasteiger partial charge in [0.2, 0.25) is 0 Å². The Morgan fingerprint density at radius 2 is 1.82 bits per heavy atom. The van der Waals surface area contributed by atoms with Crippen LogP contribution in [0.4, 0.5) is 0 Å². The number of rotatable bonds is 8.